The Bertz CT molecular complexity index is 3140. The Hall–Kier alpha value is -7.13. The number of anilines is 1. The Morgan fingerprint density at radius 2 is 1.42 bits per heavy atom. The number of methoxy groups -OCH3 is 4. The number of rotatable bonds is 21. The van der Waals surface area contributed by atoms with E-state index in [1.807, 2.05) is 24.3 Å². The van der Waals surface area contributed by atoms with Gasteiger partial charge in [0.2, 0.25) is 16.9 Å². The number of benzene rings is 4. The van der Waals surface area contributed by atoms with E-state index in [-0.39, 0.29) is 11.4 Å². The molecule has 5 N–H and O–H groups in total. The molecule has 4 aromatic carbocycles. The molecule has 9 atom stereocenters. The van der Waals surface area contributed by atoms with Crippen LogP contribution in [0.1, 0.15) is 39.7 Å². The molecule has 0 radical (unpaired) electrons. The molecule has 2 aliphatic rings. The van der Waals surface area contributed by atoms with Crippen molar-refractivity contribution in [1.82, 2.24) is 19.1 Å². The summed E-state index contributed by atoms with van der Waals surface area (Å²) in [6.07, 6.45) is -8.91. The SMILES string of the molecule is COc1ccc(C(OC[C@H]2O[C@@H](n3ccc(=O)[nH]c3=O)[C@H](OC)[C@@]2(O)P(=O)(OCCC#N)OC[C@H]2O[C@@](C(=O)c3ccccc3)(n3ccc(N)nc3=O)[C@H](OC)[C@@H]2O)(c2ccccc2)c2ccc(OC)cc2)cc1. The lowest BCUT2D eigenvalue weighted by Gasteiger charge is -2.40. The van der Waals surface area contributed by atoms with Crippen LogP contribution in [-0.4, -0.2) is 119 Å². The maximum absolute atomic E-state index is 16.2. The first-order chi connectivity index (χ1) is 35.6. The maximum atomic E-state index is 16.2. The van der Waals surface area contributed by atoms with Crippen LogP contribution in [0.15, 0.2) is 148 Å². The molecule has 8 rings (SSSR count). The molecule has 1 unspecified atom stereocenters. The van der Waals surface area contributed by atoms with Crippen molar-refractivity contribution in [2.75, 3.05) is 54.0 Å². The summed E-state index contributed by atoms with van der Waals surface area (Å²) in [5.74, 6) is -0.00421. The Morgan fingerprint density at radius 1 is 0.824 bits per heavy atom. The van der Waals surface area contributed by atoms with E-state index in [9.17, 15) is 34.7 Å². The molecule has 0 aliphatic carbocycles. The molecule has 2 aliphatic heterocycles. The van der Waals surface area contributed by atoms with E-state index in [1.54, 1.807) is 78.9 Å². The predicted octanol–water partition coefficient (Wildman–Crippen LogP) is 3.45. The average molecular weight is 1040 g/mol. The predicted molar refractivity (Wildman–Crippen MR) is 262 cm³/mol. The first kappa shape index (κ1) is 53.2. The fraction of sp³-hybridized carbons (Fsp3) is 0.333. The summed E-state index contributed by atoms with van der Waals surface area (Å²) >= 11 is 0. The Labute approximate surface area is 422 Å². The average Bonchev–Trinajstić information content (AvgIpc) is 3.90. The molecular weight excluding hydrogens is 984 g/mol. The number of nitriles is 1. The number of aromatic amines is 1. The summed E-state index contributed by atoms with van der Waals surface area (Å²) < 4.78 is 72.8. The van der Waals surface area contributed by atoms with Crippen LogP contribution in [-0.2, 0) is 48.6 Å². The molecule has 2 saturated heterocycles. The van der Waals surface area contributed by atoms with Gasteiger partial charge in [-0.05, 0) is 47.0 Å². The van der Waals surface area contributed by atoms with Crippen molar-refractivity contribution in [2.45, 2.75) is 59.8 Å². The molecule has 388 valence electrons. The summed E-state index contributed by atoms with van der Waals surface area (Å²) in [5, 5.41) is 32.3. The largest absolute Gasteiger partial charge is 0.497 e. The number of nitrogen functional groups attached to an aromatic ring is 1. The second-order valence-corrected chi connectivity index (χ2v) is 19.2. The highest BCUT2D eigenvalue weighted by Gasteiger charge is 2.70. The number of carbonyl (C=O) groups excluding carboxylic acids is 1. The maximum Gasteiger partial charge on any atom is 0.367 e. The van der Waals surface area contributed by atoms with Crippen LogP contribution in [0.3, 0.4) is 0 Å². The lowest BCUT2D eigenvalue weighted by Crippen LogP contribution is -2.56. The number of aliphatic hydroxyl groups is 2. The standard InChI is InChI=1S/C51H53N6O16P/c1-65-36-20-16-34(17-21-36)49(33-14-9-6-10-15-33,35-18-22-37(66-2)23-19-35)69-31-39-51(63,45(68-4)46(72-39)56-27-25-41(58)55-47(56)61)74(64,70-29-11-26-52)71-30-38-42(59)44(67-3)50(73-38,43(60)32-12-7-5-8-13-32)57-28-24-40(53)54-48(57)62/h5-10,12-25,27-28,38-39,42,44-46,59,63H,11,29-31H2,1-4H3,(H2,53,54,62)(H,55,58,61)/t38-,39-,42-,44-,45+,46-,50-,51+,74?/m1/s1. The Kier molecular flexibility index (Phi) is 15.9. The quantitative estimate of drug-likeness (QED) is 0.0347. The highest BCUT2D eigenvalue weighted by Crippen LogP contribution is 2.67. The highest BCUT2D eigenvalue weighted by atomic mass is 31.2. The van der Waals surface area contributed by atoms with Crippen molar-refractivity contribution in [3.63, 3.8) is 0 Å². The Morgan fingerprint density at radius 3 is 1.97 bits per heavy atom. The van der Waals surface area contributed by atoms with E-state index in [2.05, 4.69) is 9.97 Å². The van der Waals surface area contributed by atoms with Gasteiger partial charge in [-0.25, -0.2) is 9.59 Å². The number of nitrogens with zero attached hydrogens (tertiary/aromatic N) is 4. The number of ether oxygens (including phenoxy) is 7. The number of nitrogens with two attached hydrogens (primary N) is 1. The van der Waals surface area contributed by atoms with E-state index in [4.69, 9.17) is 47.9 Å². The van der Waals surface area contributed by atoms with Crippen molar-refractivity contribution in [3.8, 4) is 17.6 Å². The zero-order valence-corrected chi connectivity index (χ0v) is 41.3. The van der Waals surface area contributed by atoms with E-state index >= 15 is 4.57 Å². The van der Waals surface area contributed by atoms with E-state index < -0.39 is 110 Å². The van der Waals surface area contributed by atoms with Gasteiger partial charge >= 0.3 is 19.0 Å². The van der Waals surface area contributed by atoms with E-state index in [1.165, 1.54) is 32.4 Å². The number of ketones is 1. The van der Waals surface area contributed by atoms with Gasteiger partial charge in [0.05, 0.1) is 46.5 Å². The summed E-state index contributed by atoms with van der Waals surface area (Å²) in [4.78, 5) is 60.2. The van der Waals surface area contributed by atoms with Crippen LogP contribution in [0.25, 0.3) is 0 Å². The van der Waals surface area contributed by atoms with Gasteiger partial charge in [-0.3, -0.25) is 28.3 Å². The van der Waals surface area contributed by atoms with Gasteiger partial charge in [0.15, 0.2) is 6.23 Å². The molecule has 4 heterocycles. The van der Waals surface area contributed by atoms with Crippen molar-refractivity contribution in [1.29, 1.82) is 5.26 Å². The Balaban J connectivity index is 1.26. The zero-order chi connectivity index (χ0) is 52.8. The lowest BCUT2D eigenvalue weighted by molar-refractivity contribution is -0.127. The number of aliphatic hydroxyl groups excluding tert-OH is 1. The molecule has 6 aromatic rings. The molecule has 23 heteroatoms. The molecule has 0 saturated carbocycles. The minimum atomic E-state index is -5.42. The number of Topliss-reactive ketones (excluding diaryl/α,β-unsaturated/α-hetero) is 1. The van der Waals surface area contributed by atoms with Crippen LogP contribution >= 0.6 is 7.60 Å². The fourth-order valence-corrected chi connectivity index (χ4v) is 11.6. The molecule has 22 nitrogen and oxygen atoms in total. The first-order valence-corrected chi connectivity index (χ1v) is 24.5. The van der Waals surface area contributed by atoms with Gasteiger partial charge in [-0.15, -0.1) is 0 Å². The van der Waals surface area contributed by atoms with Gasteiger partial charge in [0.25, 0.3) is 5.56 Å². The van der Waals surface area contributed by atoms with Crippen molar-refractivity contribution in [3.05, 3.63) is 187 Å². The monoisotopic (exact) mass is 1040 g/mol. The zero-order valence-electron chi connectivity index (χ0n) is 40.4. The highest BCUT2D eigenvalue weighted by molar-refractivity contribution is 7.55. The second-order valence-electron chi connectivity index (χ2n) is 17.0. The topological polar surface area (TPSA) is 297 Å². The number of H-pyrrole nitrogens is 1. The van der Waals surface area contributed by atoms with Crippen LogP contribution in [0.4, 0.5) is 5.82 Å². The van der Waals surface area contributed by atoms with Crippen LogP contribution in [0.5, 0.6) is 11.5 Å². The number of hydrogen-bond donors (Lipinski definition) is 4. The van der Waals surface area contributed by atoms with Gasteiger partial charge in [0.1, 0.15) is 53.4 Å². The molecule has 2 fully saturated rings. The normalized spacial score (nSPS) is 24.4. The third-order valence-corrected chi connectivity index (χ3v) is 15.4. The minimum absolute atomic E-state index is 0.0279. The third-order valence-electron chi connectivity index (χ3n) is 13.0. The lowest BCUT2D eigenvalue weighted by atomic mass is 9.80. The van der Waals surface area contributed by atoms with Crippen LogP contribution in [0.2, 0.25) is 0 Å². The van der Waals surface area contributed by atoms with Crippen molar-refractivity contribution >= 4 is 19.2 Å². The molecule has 0 amide bonds. The smallest absolute Gasteiger partial charge is 0.367 e. The van der Waals surface area contributed by atoms with E-state index in [0.29, 0.717) is 28.2 Å². The van der Waals surface area contributed by atoms with Crippen LogP contribution < -0.4 is 32.1 Å². The summed E-state index contributed by atoms with van der Waals surface area (Å²) in [6, 6.07) is 34.8. The number of aromatic nitrogens is 4. The molecule has 74 heavy (non-hydrogen) atoms. The fourth-order valence-electron chi connectivity index (χ4n) is 9.44. The summed E-state index contributed by atoms with van der Waals surface area (Å²) in [6.45, 7) is -2.32. The van der Waals surface area contributed by atoms with Crippen molar-refractivity contribution < 1.29 is 61.8 Å². The van der Waals surface area contributed by atoms with Gasteiger partial charge in [-0.2, -0.15) is 10.2 Å². The molecule has 0 bridgehead atoms. The first-order valence-electron chi connectivity index (χ1n) is 23.0. The summed E-state index contributed by atoms with van der Waals surface area (Å²) in [5.41, 5.74) is 0.588. The number of carbonyl (C=O) groups is 1. The second kappa shape index (κ2) is 22.1. The van der Waals surface area contributed by atoms with Crippen LogP contribution in [0, 0.1) is 11.3 Å². The van der Waals surface area contributed by atoms with Gasteiger partial charge < -0.3 is 58.2 Å². The van der Waals surface area contributed by atoms with E-state index in [0.717, 1.165) is 41.8 Å². The summed E-state index contributed by atoms with van der Waals surface area (Å²) in [7, 11) is -0.0937. The minimum Gasteiger partial charge on any atom is -0.497 e. The van der Waals surface area contributed by atoms with Crippen molar-refractivity contribution in [2.24, 2.45) is 0 Å². The number of hydrogen-bond acceptors (Lipinski definition) is 19. The molecule has 0 spiro atoms. The van der Waals surface area contributed by atoms with Gasteiger partial charge in [0, 0.05) is 38.2 Å². The molecule has 2 aromatic heterocycles. The number of nitrogens with one attached hydrogen (secondary N) is 1. The third kappa shape index (κ3) is 9.50. The molecular formula is C51H53N6O16P. The van der Waals surface area contributed by atoms with Gasteiger partial charge in [-0.1, -0.05) is 84.9 Å².